The Morgan fingerprint density at radius 2 is 1.52 bits per heavy atom. The number of nitrogens with zero attached hydrogens (tertiary/aromatic N) is 3. The number of halogens is 5. The summed E-state index contributed by atoms with van der Waals surface area (Å²) in [5, 5.41) is 13.4. The van der Waals surface area contributed by atoms with Gasteiger partial charge < -0.3 is 21.3 Å². The van der Waals surface area contributed by atoms with Gasteiger partial charge in [-0.05, 0) is 74.0 Å². The molecule has 2 aromatic carbocycles. The monoisotopic (exact) mass is 725 g/mol. The van der Waals surface area contributed by atoms with Gasteiger partial charge in [0.05, 0.1) is 0 Å². The van der Waals surface area contributed by atoms with Crippen molar-refractivity contribution in [3.05, 3.63) is 64.4 Å². The smallest absolute Gasteiger partial charge is 0.353 e. The van der Waals surface area contributed by atoms with Crippen LogP contribution in [-0.4, -0.2) is 50.7 Å². The Bertz CT molecular complexity index is 1480. The van der Waals surface area contributed by atoms with Gasteiger partial charge in [-0.3, -0.25) is 4.79 Å². The molecule has 8 nitrogen and oxygen atoms in total. The lowest BCUT2D eigenvalue weighted by Crippen LogP contribution is -2.36. The van der Waals surface area contributed by atoms with E-state index in [4.69, 9.17) is 11.6 Å². The second-order valence-electron chi connectivity index (χ2n) is 12.0. The minimum atomic E-state index is -4.40. The summed E-state index contributed by atoms with van der Waals surface area (Å²) >= 11 is 7.54. The third-order valence-corrected chi connectivity index (χ3v) is 10.7. The van der Waals surface area contributed by atoms with Crippen LogP contribution < -0.4 is 21.3 Å². The highest BCUT2D eigenvalue weighted by atomic mass is 35.5. The Morgan fingerprint density at radius 3 is 2.21 bits per heavy atom. The van der Waals surface area contributed by atoms with Crippen molar-refractivity contribution in [3.63, 3.8) is 0 Å². The molecule has 0 radical (unpaired) electrons. The Balaban J connectivity index is 1.13. The van der Waals surface area contributed by atoms with Crippen LogP contribution in [0.3, 0.4) is 0 Å². The number of carbonyl (C=O) groups is 1. The van der Waals surface area contributed by atoms with Crippen molar-refractivity contribution in [2.75, 3.05) is 28.2 Å². The zero-order chi connectivity index (χ0) is 33.9. The number of nitrogens with one attached hydrogen (secondary N) is 4. The number of aromatic nitrogens is 3. The molecule has 3 aromatic rings. The van der Waals surface area contributed by atoms with Gasteiger partial charge in [-0.25, -0.2) is 4.39 Å². The van der Waals surface area contributed by atoms with E-state index in [1.54, 1.807) is 42.1 Å². The molecule has 0 aliphatic heterocycles. The Hall–Kier alpha value is -2.97. The lowest BCUT2D eigenvalue weighted by Gasteiger charge is -2.29. The second kappa shape index (κ2) is 17.6. The molecular formula is C33H40ClF4N7OS2. The summed E-state index contributed by atoms with van der Waals surface area (Å²) in [5.41, 5.74) is -3.47. The van der Waals surface area contributed by atoms with Gasteiger partial charge in [-0.1, -0.05) is 55.1 Å². The molecule has 2 aliphatic rings. The number of hydrogen-bond donors (Lipinski definition) is 4. The fourth-order valence-corrected chi connectivity index (χ4v) is 7.84. The molecule has 4 N–H and O–H groups in total. The lowest BCUT2D eigenvalue weighted by atomic mass is 9.85. The Labute approximate surface area is 291 Å². The van der Waals surface area contributed by atoms with E-state index in [9.17, 15) is 22.4 Å². The van der Waals surface area contributed by atoms with E-state index in [-0.39, 0.29) is 46.9 Å². The van der Waals surface area contributed by atoms with Gasteiger partial charge in [-0.2, -0.15) is 39.9 Å². The van der Waals surface area contributed by atoms with Crippen molar-refractivity contribution < 1.29 is 22.4 Å². The Morgan fingerprint density at radius 1 is 0.854 bits per heavy atom. The molecule has 5 rings (SSSR count). The zero-order valence-corrected chi connectivity index (χ0v) is 28.8. The zero-order valence-electron chi connectivity index (χ0n) is 26.4. The number of rotatable bonds is 14. The van der Waals surface area contributed by atoms with E-state index in [2.05, 4.69) is 36.2 Å². The first-order valence-corrected chi connectivity index (χ1v) is 18.6. The minimum Gasteiger partial charge on any atom is -0.353 e. The van der Waals surface area contributed by atoms with Crippen molar-refractivity contribution in [2.45, 2.75) is 92.6 Å². The van der Waals surface area contributed by atoms with E-state index >= 15 is 0 Å². The summed E-state index contributed by atoms with van der Waals surface area (Å²) in [7, 11) is 0. The molecule has 0 spiro atoms. The number of alkyl halides is 3. The van der Waals surface area contributed by atoms with Crippen molar-refractivity contribution in [1.29, 1.82) is 0 Å². The number of benzene rings is 2. The number of amides is 1. The molecule has 0 atom stereocenters. The molecule has 1 heterocycles. The fraction of sp³-hybridized carbons (Fsp3) is 0.515. The molecule has 1 amide bonds. The van der Waals surface area contributed by atoms with E-state index in [1.165, 1.54) is 18.6 Å². The summed E-state index contributed by atoms with van der Waals surface area (Å²) in [6, 6.07) is 11.3. The average molecular weight is 726 g/mol. The lowest BCUT2D eigenvalue weighted by molar-refractivity contribution is -0.126. The summed E-state index contributed by atoms with van der Waals surface area (Å²) in [4.78, 5) is 26.9. The molecular weight excluding hydrogens is 686 g/mol. The van der Waals surface area contributed by atoms with Crippen LogP contribution in [0.15, 0.2) is 47.4 Å². The molecule has 0 unspecified atom stereocenters. The van der Waals surface area contributed by atoms with Crippen LogP contribution in [-0.2, 0) is 17.1 Å². The highest BCUT2D eigenvalue weighted by Crippen LogP contribution is 2.38. The highest BCUT2D eigenvalue weighted by molar-refractivity contribution is 8.00. The molecule has 2 saturated carbocycles. The van der Waals surface area contributed by atoms with Crippen LogP contribution in [0.1, 0.15) is 68.9 Å². The van der Waals surface area contributed by atoms with E-state index in [0.717, 1.165) is 25.7 Å². The maximum absolute atomic E-state index is 14.1. The van der Waals surface area contributed by atoms with Crippen molar-refractivity contribution >= 4 is 58.9 Å². The SMILES string of the molecule is O=C(NCc1ccccc1SC(F)(F)F)C1CCC(Nc2nc(NCCSCc3c(F)cccc3Cl)nc(NC3CCCCC3)n2)CC1. The second-order valence-corrected chi connectivity index (χ2v) is 14.7. The summed E-state index contributed by atoms with van der Waals surface area (Å²) in [6.45, 7) is 0.603. The third kappa shape index (κ3) is 11.3. The minimum absolute atomic E-state index is 0.0447. The molecule has 2 aliphatic carbocycles. The Kier molecular flexibility index (Phi) is 13.3. The number of anilines is 3. The van der Waals surface area contributed by atoms with E-state index < -0.39 is 5.51 Å². The summed E-state index contributed by atoms with van der Waals surface area (Å²) in [5.74, 6) is 1.84. The predicted octanol–water partition coefficient (Wildman–Crippen LogP) is 8.65. The normalized spacial score (nSPS) is 18.7. The van der Waals surface area contributed by atoms with Crippen LogP contribution in [0.25, 0.3) is 0 Å². The largest absolute Gasteiger partial charge is 0.446 e. The highest BCUT2D eigenvalue weighted by Gasteiger charge is 2.31. The topological polar surface area (TPSA) is 104 Å². The van der Waals surface area contributed by atoms with E-state index in [0.29, 0.717) is 83.8 Å². The molecule has 0 bridgehead atoms. The molecule has 1 aromatic heterocycles. The van der Waals surface area contributed by atoms with Crippen LogP contribution >= 0.6 is 35.1 Å². The fourth-order valence-electron chi connectivity index (χ4n) is 5.98. The maximum atomic E-state index is 14.1. The summed E-state index contributed by atoms with van der Waals surface area (Å²) < 4.78 is 53.0. The van der Waals surface area contributed by atoms with Gasteiger partial charge in [-0.15, -0.1) is 0 Å². The molecule has 260 valence electrons. The molecule has 15 heteroatoms. The predicted molar refractivity (Wildman–Crippen MR) is 186 cm³/mol. The van der Waals surface area contributed by atoms with Crippen molar-refractivity contribution in [1.82, 2.24) is 20.3 Å². The van der Waals surface area contributed by atoms with E-state index in [1.807, 2.05) is 0 Å². The standard InChI is InChI=1S/C33H40ClF4N7OS2/c34-26-10-6-11-27(35)25(26)20-47-18-17-39-30-43-31(41-23-8-2-1-3-9-23)45-32(44-30)42-24-15-13-21(14-16-24)29(46)40-19-22-7-4-5-12-28(22)48-33(36,37)38/h4-7,10-12,21,23-24H,1-3,8-9,13-20H2,(H,40,46)(H3,39,41,42,43,44,45). The van der Waals surface area contributed by atoms with Crippen molar-refractivity contribution in [3.8, 4) is 0 Å². The van der Waals surface area contributed by atoms with Gasteiger partial charge in [0.2, 0.25) is 23.8 Å². The third-order valence-electron chi connectivity index (χ3n) is 8.49. The maximum Gasteiger partial charge on any atom is 0.446 e. The summed E-state index contributed by atoms with van der Waals surface area (Å²) in [6.07, 6.45) is 8.38. The van der Waals surface area contributed by atoms with Gasteiger partial charge >= 0.3 is 5.51 Å². The van der Waals surface area contributed by atoms with Gasteiger partial charge in [0, 0.05) is 58.1 Å². The number of hydrogen-bond acceptors (Lipinski definition) is 9. The average Bonchev–Trinajstić information content (AvgIpc) is 3.05. The number of thioether (sulfide) groups is 2. The van der Waals surface area contributed by atoms with Crippen LogP contribution in [0.2, 0.25) is 5.02 Å². The van der Waals surface area contributed by atoms with Crippen LogP contribution in [0.4, 0.5) is 35.4 Å². The number of carbonyl (C=O) groups excluding carboxylic acids is 1. The first kappa shape index (κ1) is 36.3. The van der Waals surface area contributed by atoms with Crippen LogP contribution in [0.5, 0.6) is 0 Å². The van der Waals surface area contributed by atoms with Gasteiger partial charge in [0.25, 0.3) is 0 Å². The quantitative estimate of drug-likeness (QED) is 0.0739. The van der Waals surface area contributed by atoms with Gasteiger partial charge in [0.15, 0.2) is 0 Å². The van der Waals surface area contributed by atoms with Crippen LogP contribution in [0, 0.1) is 11.7 Å². The molecule has 0 saturated heterocycles. The first-order valence-electron chi connectivity index (χ1n) is 16.3. The molecule has 2 fully saturated rings. The molecule has 48 heavy (non-hydrogen) atoms. The van der Waals surface area contributed by atoms with Gasteiger partial charge in [0.1, 0.15) is 5.82 Å². The first-order chi connectivity index (χ1) is 23.1. The van der Waals surface area contributed by atoms with Crippen molar-refractivity contribution in [2.24, 2.45) is 5.92 Å².